The van der Waals surface area contributed by atoms with Gasteiger partial charge in [-0.15, -0.1) is 0 Å². The summed E-state index contributed by atoms with van der Waals surface area (Å²) in [6, 6.07) is 0. The Bertz CT molecular complexity index is 279. The van der Waals surface area contributed by atoms with Crippen LogP contribution in [-0.4, -0.2) is 0 Å². The third-order valence-corrected chi connectivity index (χ3v) is 3.91. The van der Waals surface area contributed by atoms with Gasteiger partial charge in [-0.1, -0.05) is 24.3 Å². The van der Waals surface area contributed by atoms with Crippen molar-refractivity contribution in [2.75, 3.05) is 0 Å². The Morgan fingerprint density at radius 1 is 0.938 bits per heavy atom. The summed E-state index contributed by atoms with van der Waals surface area (Å²) in [6.45, 7) is 2.20. The third-order valence-electron chi connectivity index (χ3n) is 2.66. The number of rotatable bonds is 1. The number of hydrogen-bond donors (Lipinski definition) is 0. The summed E-state index contributed by atoms with van der Waals surface area (Å²) in [5.41, 5.74) is 1.53. The SMILES string of the molecule is C1=C\CC/C=C\CC/1.CCC1=[C]([Ir])CC=C1. The molecule has 2 aliphatic carbocycles. The maximum absolute atomic E-state index is 2.27. The van der Waals surface area contributed by atoms with E-state index in [0.29, 0.717) is 0 Å². The van der Waals surface area contributed by atoms with Crippen molar-refractivity contribution in [1.82, 2.24) is 0 Å². The van der Waals surface area contributed by atoms with Crippen molar-refractivity contribution in [2.24, 2.45) is 0 Å². The molecule has 0 aromatic carbocycles. The van der Waals surface area contributed by atoms with Crippen molar-refractivity contribution in [3.05, 3.63) is 46.1 Å². The molecule has 2 aliphatic rings. The van der Waals surface area contributed by atoms with E-state index in [0.717, 1.165) is 0 Å². The summed E-state index contributed by atoms with van der Waals surface area (Å²) in [5.74, 6) is 0. The first-order chi connectivity index (χ1) is 7.84. The van der Waals surface area contributed by atoms with Crippen molar-refractivity contribution >= 4 is 0 Å². The molecule has 16 heavy (non-hydrogen) atoms. The Hall–Kier alpha value is -0.391. The summed E-state index contributed by atoms with van der Waals surface area (Å²) in [6.07, 6.45) is 20.8. The molecule has 0 N–H and O–H groups in total. The molecule has 0 saturated carbocycles. The van der Waals surface area contributed by atoms with Gasteiger partial charge in [0, 0.05) is 0 Å². The van der Waals surface area contributed by atoms with Gasteiger partial charge in [0.2, 0.25) is 0 Å². The first kappa shape index (κ1) is 13.7. The van der Waals surface area contributed by atoms with Crippen LogP contribution in [0.4, 0.5) is 0 Å². The van der Waals surface area contributed by atoms with Gasteiger partial charge in [0.1, 0.15) is 0 Å². The average molecular weight is 394 g/mol. The summed E-state index contributed by atoms with van der Waals surface area (Å²) in [5, 5.41) is 0. The second kappa shape index (κ2) is 8.73. The van der Waals surface area contributed by atoms with E-state index in [-0.39, 0.29) is 0 Å². The van der Waals surface area contributed by atoms with Crippen LogP contribution in [0.5, 0.6) is 0 Å². The molecule has 1 heteroatoms. The fourth-order valence-electron chi connectivity index (χ4n) is 1.68. The summed E-state index contributed by atoms with van der Waals surface area (Å²) in [7, 11) is 0. The molecule has 0 saturated heterocycles. The van der Waals surface area contributed by atoms with Gasteiger partial charge in [-0.2, -0.15) is 0 Å². The Morgan fingerprint density at radius 2 is 1.44 bits per heavy atom. The zero-order chi connectivity index (χ0) is 11.6. The first-order valence-electron chi connectivity index (χ1n) is 6.16. The van der Waals surface area contributed by atoms with Crippen LogP contribution in [0.25, 0.3) is 0 Å². The molecule has 0 unspecified atom stereocenters. The average Bonchev–Trinajstić information content (AvgIpc) is 2.63. The standard InChI is InChI=1S/C8H12.C7H9.Ir/c1-2-4-6-8-7-5-3-1;1-2-7-5-3-4-6-7;/h1-2,7-8H,3-6H2;3,5H,2,4H2,1H3;/b2-1-,8-7-;;. The Balaban J connectivity index is 0.000000160. The minimum absolute atomic E-state index is 1.18. The Morgan fingerprint density at radius 3 is 1.69 bits per heavy atom. The van der Waals surface area contributed by atoms with Crippen molar-refractivity contribution < 1.29 is 18.9 Å². The van der Waals surface area contributed by atoms with Crippen LogP contribution in [0, 0.1) is 0 Å². The van der Waals surface area contributed by atoms with Gasteiger partial charge in [-0.05, 0) is 25.7 Å². The molecule has 0 atom stereocenters. The molecule has 0 aromatic rings. The van der Waals surface area contributed by atoms with Gasteiger partial charge < -0.3 is 0 Å². The van der Waals surface area contributed by atoms with Crippen molar-refractivity contribution in [2.45, 2.75) is 45.4 Å². The molecule has 0 aromatic heterocycles. The Kier molecular flexibility index (Phi) is 7.46. The molecule has 0 nitrogen and oxygen atoms in total. The van der Waals surface area contributed by atoms with Gasteiger partial charge in [0.25, 0.3) is 0 Å². The zero-order valence-corrected chi connectivity index (χ0v) is 12.4. The van der Waals surface area contributed by atoms with E-state index < -0.39 is 0 Å². The molecular weight excluding hydrogens is 372 g/mol. The van der Waals surface area contributed by atoms with E-state index in [2.05, 4.69) is 62.3 Å². The molecule has 2 rings (SSSR count). The van der Waals surface area contributed by atoms with Gasteiger partial charge in [-0.25, -0.2) is 0 Å². The van der Waals surface area contributed by atoms with Crippen LogP contribution in [-0.2, 0) is 18.9 Å². The Labute approximate surface area is 110 Å². The van der Waals surface area contributed by atoms with Gasteiger partial charge >= 0.3 is 60.5 Å². The molecule has 0 amide bonds. The fraction of sp³-hybridized carbons (Fsp3) is 0.467. The molecule has 0 aliphatic heterocycles. The van der Waals surface area contributed by atoms with Gasteiger partial charge in [0.15, 0.2) is 0 Å². The normalized spacial score (nSPS) is 23.2. The topological polar surface area (TPSA) is 0 Å². The predicted octanol–water partition coefficient (Wildman–Crippen LogP) is 4.83. The van der Waals surface area contributed by atoms with E-state index in [1.54, 1.807) is 4.09 Å². The van der Waals surface area contributed by atoms with Crippen LogP contribution < -0.4 is 0 Å². The quantitative estimate of drug-likeness (QED) is 0.560. The number of hydrogen-bond acceptors (Lipinski definition) is 0. The fourth-order valence-corrected chi connectivity index (χ4v) is 2.58. The predicted molar refractivity (Wildman–Crippen MR) is 67.8 cm³/mol. The first-order valence-corrected chi connectivity index (χ1v) is 7.36. The van der Waals surface area contributed by atoms with E-state index in [1.165, 1.54) is 44.1 Å². The van der Waals surface area contributed by atoms with E-state index in [4.69, 9.17) is 0 Å². The second-order valence-electron chi connectivity index (χ2n) is 3.96. The van der Waals surface area contributed by atoms with Gasteiger partial charge in [-0.3, -0.25) is 0 Å². The molecule has 0 radical (unpaired) electrons. The van der Waals surface area contributed by atoms with E-state index >= 15 is 0 Å². The van der Waals surface area contributed by atoms with Crippen molar-refractivity contribution in [3.63, 3.8) is 0 Å². The van der Waals surface area contributed by atoms with Crippen molar-refractivity contribution in [1.29, 1.82) is 0 Å². The molecule has 0 fully saturated rings. The molecular formula is C15H21Ir. The van der Waals surface area contributed by atoms with Crippen LogP contribution in [0.15, 0.2) is 46.1 Å². The molecule has 0 spiro atoms. The molecule has 0 bridgehead atoms. The monoisotopic (exact) mass is 394 g/mol. The van der Waals surface area contributed by atoms with Crippen LogP contribution in [0.1, 0.15) is 45.4 Å². The summed E-state index contributed by atoms with van der Waals surface area (Å²) in [4.78, 5) is 0. The third kappa shape index (κ3) is 5.63. The van der Waals surface area contributed by atoms with Crippen LogP contribution in [0.3, 0.4) is 0 Å². The minimum atomic E-state index is 1.18. The van der Waals surface area contributed by atoms with Crippen LogP contribution >= 0.6 is 0 Å². The number of allylic oxidation sites excluding steroid dienone is 8. The van der Waals surface area contributed by atoms with Crippen molar-refractivity contribution in [3.8, 4) is 0 Å². The maximum atomic E-state index is 2.27. The summed E-state index contributed by atoms with van der Waals surface area (Å²) >= 11 is 2.21. The van der Waals surface area contributed by atoms with Gasteiger partial charge in [0.05, 0.1) is 0 Å². The second-order valence-corrected chi connectivity index (χ2v) is 5.41. The van der Waals surface area contributed by atoms with E-state index in [9.17, 15) is 0 Å². The molecule has 0 heterocycles. The molecule has 90 valence electrons. The zero-order valence-electron chi connectivity index (χ0n) is 10.0. The van der Waals surface area contributed by atoms with E-state index in [1.807, 2.05) is 0 Å². The van der Waals surface area contributed by atoms with Crippen LogP contribution in [0.2, 0.25) is 0 Å². The summed E-state index contributed by atoms with van der Waals surface area (Å²) < 4.78 is 1.55.